The normalized spacial score (nSPS) is 17.1. The molecule has 0 aliphatic carbocycles. The quantitative estimate of drug-likeness (QED) is 0.183. The van der Waals surface area contributed by atoms with Gasteiger partial charge in [0.25, 0.3) is 0 Å². The molecule has 0 N–H and O–H groups in total. The van der Waals surface area contributed by atoms with Crippen molar-refractivity contribution in [3.8, 4) is 5.75 Å². The zero-order valence-corrected chi connectivity index (χ0v) is 28.9. The van der Waals surface area contributed by atoms with Crippen LogP contribution in [-0.4, -0.2) is 62.3 Å². The zero-order chi connectivity index (χ0) is 32.2. The number of unbranched alkanes of at least 4 members (excludes halogenated alkanes) is 1. The fourth-order valence-corrected chi connectivity index (χ4v) is 5.89. The van der Waals surface area contributed by atoms with Crippen molar-refractivity contribution in [2.24, 2.45) is 16.7 Å². The Morgan fingerprint density at radius 2 is 1.64 bits per heavy atom. The summed E-state index contributed by atoms with van der Waals surface area (Å²) in [6.07, 6.45) is 2.31. The van der Waals surface area contributed by atoms with Crippen molar-refractivity contribution in [1.29, 1.82) is 0 Å². The van der Waals surface area contributed by atoms with Gasteiger partial charge in [0.2, 0.25) is 5.91 Å². The molecule has 2 aromatic rings. The summed E-state index contributed by atoms with van der Waals surface area (Å²) >= 11 is 12.6. The van der Waals surface area contributed by atoms with E-state index in [1.807, 2.05) is 84.9 Å². The van der Waals surface area contributed by atoms with Crippen molar-refractivity contribution in [2.45, 2.75) is 80.4 Å². The van der Waals surface area contributed by atoms with Crippen molar-refractivity contribution in [3.05, 3.63) is 52.0 Å². The molecule has 0 saturated carbocycles. The van der Waals surface area contributed by atoms with Crippen LogP contribution >= 0.6 is 23.2 Å². The average molecular weight is 647 g/mol. The molecule has 242 valence electrons. The Morgan fingerprint density at radius 1 is 0.932 bits per heavy atom. The maximum atomic E-state index is 13.4. The van der Waals surface area contributed by atoms with Crippen LogP contribution in [0.2, 0.25) is 10.0 Å². The van der Waals surface area contributed by atoms with Gasteiger partial charge in [-0.05, 0) is 68.8 Å². The first-order valence-corrected chi connectivity index (χ1v) is 16.7. The summed E-state index contributed by atoms with van der Waals surface area (Å²) in [6, 6.07) is 11.7. The maximum Gasteiger partial charge on any atom is 0.313 e. The predicted molar refractivity (Wildman–Crippen MR) is 180 cm³/mol. The number of fused-ring (bicyclic) bond motifs is 1. The lowest BCUT2D eigenvalue weighted by Gasteiger charge is -2.41. The van der Waals surface area contributed by atoms with Gasteiger partial charge in [-0.2, -0.15) is 0 Å². The molecule has 7 nitrogen and oxygen atoms in total. The number of amides is 1. The molecule has 1 unspecified atom stereocenters. The Morgan fingerprint density at radius 3 is 2.30 bits per heavy atom. The number of piperazine rings is 1. The van der Waals surface area contributed by atoms with Crippen molar-refractivity contribution >= 4 is 46.5 Å². The molecule has 2 aliphatic rings. The highest BCUT2D eigenvalue weighted by molar-refractivity contribution is 6.43. The number of nitrogens with zero attached hydrogens (tertiary/aromatic N) is 3. The highest BCUT2D eigenvalue weighted by Gasteiger charge is 2.44. The first-order valence-electron chi connectivity index (χ1n) is 15.9. The monoisotopic (exact) mass is 645 g/mol. The number of carbonyl (C=O) groups excluding carboxylic acids is 2. The molecule has 4 rings (SSSR count). The summed E-state index contributed by atoms with van der Waals surface area (Å²) in [4.78, 5) is 33.1. The number of aryl methyl sites for hydroxylation is 1. The van der Waals surface area contributed by atoms with E-state index >= 15 is 0 Å². The van der Waals surface area contributed by atoms with Crippen LogP contribution in [0.4, 0.5) is 11.4 Å². The summed E-state index contributed by atoms with van der Waals surface area (Å²) in [5, 5.41) is 1.22. The molecule has 2 heterocycles. The van der Waals surface area contributed by atoms with Gasteiger partial charge in [0.1, 0.15) is 5.75 Å². The highest BCUT2D eigenvalue weighted by Crippen LogP contribution is 2.41. The molecule has 0 bridgehead atoms. The molecule has 1 atom stereocenters. The lowest BCUT2D eigenvalue weighted by Crippen LogP contribution is -2.51. The van der Waals surface area contributed by atoms with E-state index in [4.69, 9.17) is 32.7 Å². The van der Waals surface area contributed by atoms with Crippen LogP contribution in [-0.2, 0) is 20.7 Å². The fraction of sp³-hybridized carbons (Fsp3) is 0.600. The second kappa shape index (κ2) is 14.3. The van der Waals surface area contributed by atoms with E-state index in [-0.39, 0.29) is 23.2 Å². The molecule has 9 heteroatoms. The third-order valence-corrected chi connectivity index (χ3v) is 10.2. The standard InChI is InChI=1S/C35H49Cl2N3O4/c1-24(2)32(44-33(42)35(6,7)34(3,4)5)40-29-23-26(15-13-25(29)14-16-30(40)41)43-22-9-8-17-38-18-20-39(21-19-38)28-12-10-11-27(36)31(28)37/h10-13,15,23-24,32H,8-9,14,16-22H2,1-7H3. The fourth-order valence-electron chi connectivity index (χ4n) is 5.47. The number of esters is 1. The average Bonchev–Trinajstić information content (AvgIpc) is 2.97. The Labute approximate surface area is 273 Å². The largest absolute Gasteiger partial charge is 0.494 e. The molecule has 2 aliphatic heterocycles. The smallest absolute Gasteiger partial charge is 0.313 e. The van der Waals surface area contributed by atoms with Crippen LogP contribution in [0.3, 0.4) is 0 Å². The van der Waals surface area contributed by atoms with E-state index < -0.39 is 11.6 Å². The van der Waals surface area contributed by atoms with Gasteiger partial charge in [-0.15, -0.1) is 0 Å². The Balaban J connectivity index is 1.31. The minimum atomic E-state index is -0.718. The number of hydrogen-bond donors (Lipinski definition) is 0. The molecular weight excluding hydrogens is 597 g/mol. The molecule has 0 radical (unpaired) electrons. The van der Waals surface area contributed by atoms with Crippen LogP contribution in [0.15, 0.2) is 36.4 Å². The van der Waals surface area contributed by atoms with Crippen molar-refractivity contribution < 1.29 is 19.1 Å². The van der Waals surface area contributed by atoms with Crippen LogP contribution in [0.25, 0.3) is 0 Å². The van der Waals surface area contributed by atoms with E-state index in [0.717, 1.165) is 68.3 Å². The van der Waals surface area contributed by atoms with Gasteiger partial charge in [0.15, 0.2) is 6.23 Å². The molecule has 1 saturated heterocycles. The molecule has 2 aromatic carbocycles. The van der Waals surface area contributed by atoms with E-state index in [2.05, 4.69) is 9.80 Å². The van der Waals surface area contributed by atoms with Gasteiger partial charge in [-0.25, -0.2) is 0 Å². The predicted octanol–water partition coefficient (Wildman–Crippen LogP) is 7.85. The molecule has 1 amide bonds. The molecule has 0 spiro atoms. The topological polar surface area (TPSA) is 62.3 Å². The van der Waals surface area contributed by atoms with Crippen LogP contribution in [0, 0.1) is 16.7 Å². The Bertz CT molecular complexity index is 1320. The summed E-state index contributed by atoms with van der Waals surface area (Å²) in [6.45, 7) is 19.3. The van der Waals surface area contributed by atoms with E-state index in [1.54, 1.807) is 4.90 Å². The van der Waals surface area contributed by atoms with Crippen LogP contribution in [0.5, 0.6) is 5.75 Å². The van der Waals surface area contributed by atoms with E-state index in [0.29, 0.717) is 29.5 Å². The lowest BCUT2D eigenvalue weighted by atomic mass is 9.69. The number of ether oxygens (including phenoxy) is 2. The van der Waals surface area contributed by atoms with Gasteiger partial charge in [-0.1, -0.05) is 70.0 Å². The summed E-state index contributed by atoms with van der Waals surface area (Å²) in [7, 11) is 0. The zero-order valence-electron chi connectivity index (χ0n) is 27.4. The van der Waals surface area contributed by atoms with Crippen molar-refractivity contribution in [2.75, 3.05) is 49.1 Å². The molecule has 0 aromatic heterocycles. The lowest BCUT2D eigenvalue weighted by molar-refractivity contribution is -0.168. The van der Waals surface area contributed by atoms with Crippen LogP contribution < -0.4 is 14.5 Å². The van der Waals surface area contributed by atoms with Gasteiger partial charge in [0.05, 0.1) is 33.4 Å². The molecule has 1 fully saturated rings. The van der Waals surface area contributed by atoms with E-state index in [9.17, 15) is 9.59 Å². The summed E-state index contributed by atoms with van der Waals surface area (Å²) in [5.41, 5.74) is 1.83. The Hall–Kier alpha value is -2.48. The van der Waals surface area contributed by atoms with Gasteiger partial charge < -0.3 is 14.4 Å². The maximum absolute atomic E-state index is 13.4. The molecular formula is C35H49Cl2N3O4. The second-order valence-electron chi connectivity index (χ2n) is 13.9. The third kappa shape index (κ3) is 7.83. The molecule has 44 heavy (non-hydrogen) atoms. The third-order valence-electron chi connectivity index (χ3n) is 9.41. The van der Waals surface area contributed by atoms with Gasteiger partial charge >= 0.3 is 5.97 Å². The van der Waals surface area contributed by atoms with Crippen LogP contribution in [0.1, 0.15) is 73.3 Å². The van der Waals surface area contributed by atoms with E-state index in [1.165, 1.54) is 0 Å². The number of rotatable bonds is 11. The summed E-state index contributed by atoms with van der Waals surface area (Å²) in [5.74, 6) is 0.302. The summed E-state index contributed by atoms with van der Waals surface area (Å²) < 4.78 is 12.3. The number of hydrogen-bond acceptors (Lipinski definition) is 6. The first-order chi connectivity index (χ1) is 20.7. The van der Waals surface area contributed by atoms with Crippen molar-refractivity contribution in [3.63, 3.8) is 0 Å². The number of halogens is 2. The van der Waals surface area contributed by atoms with Crippen molar-refractivity contribution in [1.82, 2.24) is 4.90 Å². The second-order valence-corrected chi connectivity index (χ2v) is 14.7. The number of carbonyl (C=O) groups is 2. The minimum absolute atomic E-state index is 0.0348. The number of benzene rings is 2. The van der Waals surface area contributed by atoms with Gasteiger partial charge in [0, 0.05) is 44.6 Å². The first kappa shape index (κ1) is 34.4. The minimum Gasteiger partial charge on any atom is -0.494 e. The van der Waals surface area contributed by atoms with Gasteiger partial charge in [-0.3, -0.25) is 19.4 Å². The number of anilines is 2. The highest BCUT2D eigenvalue weighted by atomic mass is 35.5. The Kier molecular flexibility index (Phi) is 11.2. The SMILES string of the molecule is CC(C)C(OC(=O)C(C)(C)C(C)(C)C)N1C(=O)CCc2ccc(OCCCCN3CCN(c4cccc(Cl)c4Cl)CC3)cc21.